The summed E-state index contributed by atoms with van der Waals surface area (Å²) in [6, 6.07) is 23.0. The summed E-state index contributed by atoms with van der Waals surface area (Å²) in [5.74, 6) is -0.613. The van der Waals surface area contributed by atoms with Crippen molar-refractivity contribution >= 4 is 17.7 Å². The van der Waals surface area contributed by atoms with E-state index >= 15 is 0 Å². The van der Waals surface area contributed by atoms with Gasteiger partial charge in [0.25, 0.3) is 0 Å². The molecule has 1 saturated heterocycles. The van der Waals surface area contributed by atoms with E-state index in [1.54, 1.807) is 6.20 Å². The number of nitrogens with zero attached hydrogens (tertiary/aromatic N) is 3. The minimum atomic E-state index is -1.17. The lowest BCUT2D eigenvalue weighted by molar-refractivity contribution is -0.143. The lowest BCUT2D eigenvalue weighted by Crippen LogP contribution is -2.45. The first kappa shape index (κ1) is 22.0. The highest BCUT2D eigenvalue weighted by atomic mass is 16.2. The van der Waals surface area contributed by atoms with Crippen LogP contribution in [0.4, 0.5) is 0 Å². The molecular weight excluding hydrogens is 426 g/mol. The van der Waals surface area contributed by atoms with Crippen LogP contribution >= 0.6 is 0 Å². The molecule has 3 aromatic rings. The van der Waals surface area contributed by atoms with Gasteiger partial charge in [-0.25, -0.2) is 0 Å². The Morgan fingerprint density at radius 2 is 1.65 bits per heavy atom. The predicted octanol–water partition coefficient (Wildman–Crippen LogP) is 3.30. The van der Waals surface area contributed by atoms with E-state index < -0.39 is 5.41 Å². The van der Waals surface area contributed by atoms with Gasteiger partial charge in [-0.2, -0.15) is 0 Å². The quantitative estimate of drug-likeness (QED) is 0.537. The molecule has 0 unspecified atom stereocenters. The van der Waals surface area contributed by atoms with Crippen LogP contribution in [-0.2, 0) is 39.2 Å². The lowest BCUT2D eigenvalue weighted by Gasteiger charge is -2.33. The first-order chi connectivity index (χ1) is 16.6. The normalized spacial score (nSPS) is 19.9. The molecule has 0 bridgehead atoms. The van der Waals surface area contributed by atoms with Crippen molar-refractivity contribution in [1.29, 1.82) is 0 Å². The Bertz CT molecular complexity index is 1210. The van der Waals surface area contributed by atoms with E-state index in [-0.39, 0.29) is 37.1 Å². The number of benzene rings is 2. The van der Waals surface area contributed by atoms with Crippen molar-refractivity contribution in [2.75, 3.05) is 13.1 Å². The summed E-state index contributed by atoms with van der Waals surface area (Å²) in [7, 11) is 0. The highest BCUT2D eigenvalue weighted by molar-refractivity contribution is 6.10. The van der Waals surface area contributed by atoms with Gasteiger partial charge in [-0.1, -0.05) is 60.7 Å². The smallest absolute Gasteiger partial charge is 0.240 e. The van der Waals surface area contributed by atoms with Crippen molar-refractivity contribution in [1.82, 2.24) is 14.8 Å². The highest BCUT2D eigenvalue weighted by Crippen LogP contribution is 2.40. The molecule has 172 valence electrons. The molecule has 2 aliphatic heterocycles. The van der Waals surface area contributed by atoms with Gasteiger partial charge in [0.1, 0.15) is 0 Å². The van der Waals surface area contributed by atoms with Crippen LogP contribution in [0.5, 0.6) is 0 Å². The lowest BCUT2D eigenvalue weighted by atomic mass is 9.75. The average molecular weight is 454 g/mol. The molecule has 3 amide bonds. The van der Waals surface area contributed by atoms with Gasteiger partial charge in [0.15, 0.2) is 0 Å². The highest BCUT2D eigenvalue weighted by Gasteiger charge is 2.54. The van der Waals surface area contributed by atoms with Gasteiger partial charge >= 0.3 is 0 Å². The largest absolute Gasteiger partial charge is 0.338 e. The Morgan fingerprint density at radius 3 is 2.41 bits per heavy atom. The summed E-state index contributed by atoms with van der Waals surface area (Å²) < 4.78 is 0. The fourth-order valence-electron chi connectivity index (χ4n) is 5.10. The number of amides is 3. The maximum Gasteiger partial charge on any atom is 0.240 e. The first-order valence-electron chi connectivity index (χ1n) is 11.7. The van der Waals surface area contributed by atoms with Gasteiger partial charge in [-0.15, -0.1) is 0 Å². The third-order valence-electron chi connectivity index (χ3n) is 6.99. The van der Waals surface area contributed by atoms with E-state index in [1.165, 1.54) is 10.5 Å². The summed E-state index contributed by atoms with van der Waals surface area (Å²) >= 11 is 0. The van der Waals surface area contributed by atoms with Gasteiger partial charge in [0.05, 0.1) is 5.41 Å². The minimum Gasteiger partial charge on any atom is -0.338 e. The zero-order valence-electron chi connectivity index (χ0n) is 19.0. The first-order valence-corrected chi connectivity index (χ1v) is 11.7. The number of fused-ring (bicyclic) bond motifs is 1. The third-order valence-corrected chi connectivity index (χ3v) is 6.99. The van der Waals surface area contributed by atoms with Gasteiger partial charge in [0.2, 0.25) is 17.7 Å². The van der Waals surface area contributed by atoms with Gasteiger partial charge in [-0.05, 0) is 35.2 Å². The summed E-state index contributed by atoms with van der Waals surface area (Å²) in [5, 5.41) is 0. The summed E-state index contributed by atoms with van der Waals surface area (Å²) in [4.78, 5) is 47.8. The zero-order chi connectivity index (χ0) is 23.5. The van der Waals surface area contributed by atoms with Crippen molar-refractivity contribution in [3.05, 3.63) is 101 Å². The van der Waals surface area contributed by atoms with Crippen molar-refractivity contribution in [3.8, 4) is 0 Å². The average Bonchev–Trinajstić information content (AvgIpc) is 3.12. The van der Waals surface area contributed by atoms with Crippen molar-refractivity contribution in [2.24, 2.45) is 0 Å². The van der Waals surface area contributed by atoms with Crippen LogP contribution < -0.4 is 0 Å². The molecule has 1 atom stereocenters. The standard InChI is InChI=1S/C28H27N3O3/c32-25(30-16-13-21-8-4-5-9-22(21)20-30)18-28(23-10-2-1-3-11-23)19-26(33)31(27(28)34)17-14-24-12-6-7-15-29-24/h1-12,15H,13-14,16-20H2/t28-/m0/s1. The predicted molar refractivity (Wildman–Crippen MR) is 128 cm³/mol. The third kappa shape index (κ3) is 4.12. The number of carbonyl (C=O) groups excluding carboxylic acids is 3. The van der Waals surface area contributed by atoms with E-state index in [2.05, 4.69) is 11.1 Å². The van der Waals surface area contributed by atoms with Gasteiger partial charge < -0.3 is 4.90 Å². The molecule has 0 N–H and O–H groups in total. The molecule has 0 radical (unpaired) electrons. The second kappa shape index (κ2) is 9.21. The van der Waals surface area contributed by atoms with Gasteiger partial charge in [-0.3, -0.25) is 24.3 Å². The van der Waals surface area contributed by atoms with Crippen LogP contribution in [0, 0.1) is 0 Å². The molecule has 0 spiro atoms. The number of hydrogen-bond acceptors (Lipinski definition) is 4. The van der Waals surface area contributed by atoms with Gasteiger partial charge in [0, 0.05) is 50.8 Å². The fourth-order valence-corrected chi connectivity index (χ4v) is 5.10. The number of carbonyl (C=O) groups is 3. The minimum absolute atomic E-state index is 0.00817. The van der Waals surface area contributed by atoms with Crippen LogP contribution in [0.2, 0.25) is 0 Å². The number of rotatable bonds is 6. The molecular formula is C28H27N3O3. The van der Waals surface area contributed by atoms with Crippen LogP contribution in [0.1, 0.15) is 35.2 Å². The fraction of sp³-hybridized carbons (Fsp3) is 0.286. The van der Waals surface area contributed by atoms with E-state index in [1.807, 2.05) is 71.6 Å². The maximum atomic E-state index is 13.8. The van der Waals surface area contributed by atoms with Crippen molar-refractivity contribution in [2.45, 2.75) is 37.6 Å². The topological polar surface area (TPSA) is 70.6 Å². The Kier molecular flexibility index (Phi) is 5.97. The Labute approximate surface area is 199 Å². The van der Waals surface area contributed by atoms with E-state index in [4.69, 9.17) is 0 Å². The van der Waals surface area contributed by atoms with Crippen LogP contribution in [0.3, 0.4) is 0 Å². The Morgan fingerprint density at radius 1 is 0.912 bits per heavy atom. The molecule has 6 nitrogen and oxygen atoms in total. The summed E-state index contributed by atoms with van der Waals surface area (Å²) in [6.45, 7) is 1.41. The number of imide groups is 1. The Hall–Kier alpha value is -3.80. The van der Waals surface area contributed by atoms with E-state index in [9.17, 15) is 14.4 Å². The van der Waals surface area contributed by atoms with Crippen LogP contribution in [-0.4, -0.2) is 45.6 Å². The molecule has 1 aromatic heterocycles. The van der Waals surface area contributed by atoms with Crippen LogP contribution in [0.25, 0.3) is 0 Å². The molecule has 6 heteroatoms. The summed E-state index contributed by atoms with van der Waals surface area (Å²) in [6.07, 6.45) is 2.98. The maximum absolute atomic E-state index is 13.8. The van der Waals surface area contributed by atoms with Crippen molar-refractivity contribution in [3.63, 3.8) is 0 Å². The number of hydrogen-bond donors (Lipinski definition) is 0. The molecule has 0 saturated carbocycles. The van der Waals surface area contributed by atoms with Crippen LogP contribution in [0.15, 0.2) is 79.0 Å². The molecule has 5 rings (SSSR count). The Balaban J connectivity index is 1.39. The molecule has 34 heavy (non-hydrogen) atoms. The summed E-state index contributed by atoms with van der Waals surface area (Å²) in [5.41, 5.74) is 2.78. The molecule has 3 heterocycles. The number of pyridine rings is 1. The van der Waals surface area contributed by atoms with Crippen molar-refractivity contribution < 1.29 is 14.4 Å². The molecule has 1 fully saturated rings. The van der Waals surface area contributed by atoms with E-state index in [0.29, 0.717) is 19.5 Å². The second-order valence-corrected chi connectivity index (χ2v) is 9.06. The zero-order valence-corrected chi connectivity index (χ0v) is 19.0. The molecule has 0 aliphatic carbocycles. The number of likely N-dealkylation sites (tertiary alicyclic amines) is 1. The second-order valence-electron chi connectivity index (χ2n) is 9.06. The monoisotopic (exact) mass is 453 g/mol. The SMILES string of the molecule is O=C(C[C@@]1(c2ccccc2)CC(=O)N(CCc2ccccn2)C1=O)N1CCc2ccccc2C1. The molecule has 2 aliphatic rings. The molecule has 2 aromatic carbocycles. The number of aromatic nitrogens is 1. The van der Waals surface area contributed by atoms with E-state index in [0.717, 1.165) is 23.2 Å².